The van der Waals surface area contributed by atoms with Crippen molar-refractivity contribution in [2.75, 3.05) is 4.90 Å². The van der Waals surface area contributed by atoms with Gasteiger partial charge in [0.2, 0.25) is 0 Å². The van der Waals surface area contributed by atoms with Gasteiger partial charge >= 0.3 is 0 Å². The van der Waals surface area contributed by atoms with Gasteiger partial charge in [0.15, 0.2) is 5.65 Å². The first-order chi connectivity index (χ1) is 22.8. The van der Waals surface area contributed by atoms with Crippen molar-refractivity contribution >= 4 is 60.5 Å². The maximum atomic E-state index is 5.13. The molecule has 0 atom stereocenters. The number of aromatic nitrogens is 3. The third-order valence-corrected chi connectivity index (χ3v) is 8.82. The molecule has 4 nitrogen and oxygen atoms in total. The Bertz CT molecular complexity index is 2450. The summed E-state index contributed by atoms with van der Waals surface area (Å²) in [7, 11) is 0. The highest BCUT2D eigenvalue weighted by Crippen LogP contribution is 2.42. The normalized spacial score (nSPS) is 11.5. The zero-order chi connectivity index (χ0) is 30.5. The van der Waals surface area contributed by atoms with Crippen LogP contribution in [-0.4, -0.2) is 14.5 Å². The molecule has 0 radical (unpaired) electrons. The second kappa shape index (κ2) is 10.7. The Balaban J connectivity index is 1.25. The lowest BCUT2D eigenvalue weighted by Crippen LogP contribution is -2.11. The fraction of sp³-hybridized carbons (Fsp3) is 0. The number of nitrogens with zero attached hydrogens (tertiary/aromatic N) is 4. The minimum Gasteiger partial charge on any atom is -0.309 e. The van der Waals surface area contributed by atoms with Crippen molar-refractivity contribution in [3.05, 3.63) is 170 Å². The van der Waals surface area contributed by atoms with Gasteiger partial charge in [-0.3, -0.25) is 4.57 Å². The monoisotopic (exact) mass is 588 g/mol. The fourth-order valence-electron chi connectivity index (χ4n) is 6.71. The van der Waals surface area contributed by atoms with Crippen LogP contribution in [0, 0.1) is 0 Å². The van der Waals surface area contributed by atoms with Crippen LogP contribution in [0.15, 0.2) is 170 Å². The van der Waals surface area contributed by atoms with Crippen LogP contribution in [0.4, 0.5) is 17.1 Å². The Morgan fingerprint density at radius 3 is 1.65 bits per heavy atom. The Morgan fingerprint density at radius 1 is 0.457 bits per heavy atom. The Kier molecular flexibility index (Phi) is 6.10. The van der Waals surface area contributed by atoms with Gasteiger partial charge in [-0.25, -0.2) is 9.97 Å². The van der Waals surface area contributed by atoms with E-state index in [1.807, 2.05) is 18.3 Å². The second-order valence-corrected chi connectivity index (χ2v) is 11.5. The van der Waals surface area contributed by atoms with E-state index < -0.39 is 0 Å². The standard InChI is InChI=1S/C42H28N4/c1-4-17-34-29(11-1)14-7-21-38(34)45(39-22-8-15-30-12-2-5-18-35(30)39)33-26-24-32(25-27-33)41-44-37-20-10-28-43-42(37)46(41)40-23-9-16-31-13-3-6-19-36(31)40/h1-28H. The molecule has 0 fully saturated rings. The van der Waals surface area contributed by atoms with Gasteiger partial charge in [-0.2, -0.15) is 0 Å². The number of pyridine rings is 1. The molecule has 0 amide bonds. The van der Waals surface area contributed by atoms with Crippen LogP contribution in [-0.2, 0) is 0 Å². The highest BCUT2D eigenvalue weighted by atomic mass is 15.2. The van der Waals surface area contributed by atoms with Crippen molar-refractivity contribution in [1.29, 1.82) is 0 Å². The average Bonchev–Trinajstić information content (AvgIpc) is 3.51. The van der Waals surface area contributed by atoms with Gasteiger partial charge in [0.25, 0.3) is 0 Å². The SMILES string of the molecule is c1ccc2c(N(c3ccc(-c4nc5cccnc5n4-c4cccc5ccccc45)cc3)c3cccc4ccccc34)cccc2c1. The zero-order valence-corrected chi connectivity index (χ0v) is 25.0. The van der Waals surface area contributed by atoms with E-state index in [2.05, 4.69) is 161 Å². The van der Waals surface area contributed by atoms with Gasteiger partial charge < -0.3 is 4.90 Å². The van der Waals surface area contributed by atoms with E-state index in [9.17, 15) is 0 Å². The van der Waals surface area contributed by atoms with Crippen LogP contribution >= 0.6 is 0 Å². The number of anilines is 3. The third kappa shape index (κ3) is 4.23. The van der Waals surface area contributed by atoms with E-state index in [1.165, 1.54) is 26.9 Å². The van der Waals surface area contributed by atoms with E-state index in [4.69, 9.17) is 9.97 Å². The average molecular weight is 589 g/mol. The number of hydrogen-bond acceptors (Lipinski definition) is 3. The molecule has 0 unspecified atom stereocenters. The number of benzene rings is 7. The Morgan fingerprint density at radius 2 is 1.00 bits per heavy atom. The lowest BCUT2D eigenvalue weighted by Gasteiger charge is -2.28. The largest absolute Gasteiger partial charge is 0.309 e. The smallest absolute Gasteiger partial charge is 0.164 e. The summed E-state index contributed by atoms with van der Waals surface area (Å²) in [5, 5.41) is 7.15. The lowest BCUT2D eigenvalue weighted by molar-refractivity contribution is 1.09. The van der Waals surface area contributed by atoms with Gasteiger partial charge in [-0.1, -0.05) is 109 Å². The van der Waals surface area contributed by atoms with Gasteiger partial charge in [0, 0.05) is 33.6 Å². The van der Waals surface area contributed by atoms with Crippen molar-refractivity contribution in [3.8, 4) is 17.1 Å². The lowest BCUT2D eigenvalue weighted by atomic mass is 10.0. The molecule has 0 saturated carbocycles. The maximum absolute atomic E-state index is 5.13. The number of rotatable bonds is 5. The quantitative estimate of drug-likeness (QED) is 0.201. The molecule has 9 rings (SSSR count). The molecule has 2 aromatic heterocycles. The molecule has 0 bridgehead atoms. The maximum Gasteiger partial charge on any atom is 0.164 e. The molecule has 216 valence electrons. The number of imidazole rings is 1. The van der Waals surface area contributed by atoms with Crippen molar-refractivity contribution in [3.63, 3.8) is 0 Å². The van der Waals surface area contributed by atoms with Crippen LogP contribution in [0.3, 0.4) is 0 Å². The summed E-state index contributed by atoms with van der Waals surface area (Å²) in [6.45, 7) is 0. The van der Waals surface area contributed by atoms with Gasteiger partial charge in [0.1, 0.15) is 11.3 Å². The van der Waals surface area contributed by atoms with Crippen LogP contribution < -0.4 is 4.90 Å². The van der Waals surface area contributed by atoms with Crippen LogP contribution in [0.5, 0.6) is 0 Å². The summed E-state index contributed by atoms with van der Waals surface area (Å²) in [5.41, 5.74) is 7.12. The molecule has 9 aromatic rings. The van der Waals surface area contributed by atoms with E-state index >= 15 is 0 Å². The zero-order valence-electron chi connectivity index (χ0n) is 25.0. The topological polar surface area (TPSA) is 34.0 Å². The molecule has 0 spiro atoms. The molecule has 46 heavy (non-hydrogen) atoms. The first-order valence-corrected chi connectivity index (χ1v) is 15.5. The molecular weight excluding hydrogens is 560 g/mol. The molecule has 0 aliphatic heterocycles. The Labute approximate surface area is 266 Å². The highest BCUT2D eigenvalue weighted by molar-refractivity contribution is 6.04. The van der Waals surface area contributed by atoms with Crippen LogP contribution in [0.2, 0.25) is 0 Å². The molecule has 0 aliphatic rings. The highest BCUT2D eigenvalue weighted by Gasteiger charge is 2.20. The van der Waals surface area contributed by atoms with Crippen molar-refractivity contribution < 1.29 is 0 Å². The summed E-state index contributed by atoms with van der Waals surface area (Å²) in [5.74, 6) is 0.860. The van der Waals surface area contributed by atoms with Gasteiger partial charge in [-0.05, 0) is 70.8 Å². The predicted octanol–water partition coefficient (Wildman–Crippen LogP) is 11.0. The summed E-state index contributed by atoms with van der Waals surface area (Å²) < 4.78 is 2.19. The van der Waals surface area contributed by atoms with E-state index in [1.54, 1.807) is 0 Å². The molecule has 7 aromatic carbocycles. The molecule has 2 heterocycles. The van der Waals surface area contributed by atoms with E-state index in [0.29, 0.717) is 0 Å². The molecule has 0 saturated heterocycles. The van der Waals surface area contributed by atoms with E-state index in [0.717, 1.165) is 50.7 Å². The van der Waals surface area contributed by atoms with Crippen molar-refractivity contribution in [2.24, 2.45) is 0 Å². The summed E-state index contributed by atoms with van der Waals surface area (Å²) in [6, 6.07) is 57.9. The summed E-state index contributed by atoms with van der Waals surface area (Å²) >= 11 is 0. The molecular formula is C42H28N4. The molecule has 0 aliphatic carbocycles. The minimum absolute atomic E-state index is 0.839. The molecule has 4 heteroatoms. The predicted molar refractivity (Wildman–Crippen MR) is 192 cm³/mol. The number of fused-ring (bicyclic) bond motifs is 4. The van der Waals surface area contributed by atoms with Gasteiger partial charge in [0.05, 0.1) is 17.1 Å². The number of hydrogen-bond donors (Lipinski definition) is 0. The van der Waals surface area contributed by atoms with E-state index in [-0.39, 0.29) is 0 Å². The Hall–Kier alpha value is -6.26. The fourth-order valence-corrected chi connectivity index (χ4v) is 6.71. The van der Waals surface area contributed by atoms with Crippen molar-refractivity contribution in [1.82, 2.24) is 14.5 Å². The third-order valence-electron chi connectivity index (χ3n) is 8.82. The van der Waals surface area contributed by atoms with Gasteiger partial charge in [-0.15, -0.1) is 0 Å². The molecule has 0 N–H and O–H groups in total. The second-order valence-electron chi connectivity index (χ2n) is 11.5. The first kappa shape index (κ1) is 26.2. The van der Waals surface area contributed by atoms with Crippen molar-refractivity contribution in [2.45, 2.75) is 0 Å². The van der Waals surface area contributed by atoms with Crippen LogP contribution in [0.25, 0.3) is 60.6 Å². The minimum atomic E-state index is 0.839. The summed E-state index contributed by atoms with van der Waals surface area (Å²) in [6.07, 6.45) is 1.84. The summed E-state index contributed by atoms with van der Waals surface area (Å²) in [4.78, 5) is 12.3. The van der Waals surface area contributed by atoms with Crippen LogP contribution in [0.1, 0.15) is 0 Å². The first-order valence-electron chi connectivity index (χ1n) is 15.5.